The Balaban J connectivity index is 0.0000000830. The normalized spacial score (nSPS) is 13.5. The summed E-state index contributed by atoms with van der Waals surface area (Å²) in [6.07, 6.45) is 17.7. The Morgan fingerprint density at radius 2 is 0.728 bits per heavy atom. The zero-order valence-corrected chi connectivity index (χ0v) is 55.0. The van der Waals surface area contributed by atoms with Gasteiger partial charge in [0, 0.05) is 80.1 Å². The van der Waals surface area contributed by atoms with Crippen molar-refractivity contribution in [3.8, 4) is 63.6 Å². The van der Waals surface area contributed by atoms with E-state index in [9.17, 15) is 0 Å². The van der Waals surface area contributed by atoms with Crippen LogP contribution in [0.2, 0.25) is 0 Å². The first-order chi connectivity index (χ1) is 52.1. The number of oxazole rings is 5. The molecule has 1 aromatic carbocycles. The Hall–Kier alpha value is -13.8. The quantitative estimate of drug-likeness (QED) is 0.139. The van der Waals surface area contributed by atoms with Gasteiger partial charge in [0.25, 0.3) is 44.1 Å². The van der Waals surface area contributed by atoms with Gasteiger partial charge >= 0.3 is 40.8 Å². The number of hydrogen-bond donors (Lipinski definition) is 0. The molecule has 0 amide bonds. The van der Waals surface area contributed by atoms with Gasteiger partial charge in [-0.25, -0.2) is 49.8 Å². The summed E-state index contributed by atoms with van der Waals surface area (Å²) in [7, 11) is 1.98. The molecule has 0 bridgehead atoms. The van der Waals surface area contributed by atoms with Gasteiger partial charge in [-0.3, -0.25) is 13.7 Å². The van der Waals surface area contributed by atoms with Crippen LogP contribution in [0.1, 0.15) is 31.9 Å². The van der Waals surface area contributed by atoms with Crippen LogP contribution >= 0.6 is 11.3 Å². The Bertz CT molecular complexity index is 7100. The molecule has 0 aliphatic carbocycles. The van der Waals surface area contributed by atoms with Crippen LogP contribution in [0.4, 0.5) is 0 Å². The summed E-state index contributed by atoms with van der Waals surface area (Å²) in [6.45, 7) is 1.41. The maximum Gasteiger partial charge on any atom is 0.404 e. The van der Waals surface area contributed by atoms with Gasteiger partial charge in [0.15, 0.2) is 66.8 Å². The summed E-state index contributed by atoms with van der Waals surface area (Å²) in [4.78, 5) is 46.0. The third-order valence-electron chi connectivity index (χ3n) is 19.7. The summed E-state index contributed by atoms with van der Waals surface area (Å²) in [5.41, 5.74) is 21.2. The largest absolute Gasteiger partial charge is 0.404 e. The number of thiophene rings is 1. The molecule has 5 aliphatic heterocycles. The molecule has 25 heteroatoms. The summed E-state index contributed by atoms with van der Waals surface area (Å²) in [5, 5.41) is 5.10. The van der Waals surface area contributed by atoms with E-state index in [0.717, 1.165) is 176 Å². The Kier molecular flexibility index (Phi) is 11.5. The van der Waals surface area contributed by atoms with Gasteiger partial charge in [-0.2, -0.15) is 0 Å². The highest BCUT2D eigenvalue weighted by Crippen LogP contribution is 2.41. The summed E-state index contributed by atoms with van der Waals surface area (Å²) >= 11 is 1.59. The average Bonchev–Trinajstić information content (AvgIpc) is 1.59. The number of fused-ring (bicyclic) bond motifs is 35. The molecule has 490 valence electrons. The molecule has 24 nitrogen and oxygen atoms in total. The highest BCUT2D eigenvalue weighted by atomic mass is 32.1. The monoisotopic (exact) mass is 1370 g/mol. The first-order valence-corrected chi connectivity index (χ1v) is 34.0. The van der Waals surface area contributed by atoms with Crippen LogP contribution in [0.3, 0.4) is 0 Å². The lowest BCUT2D eigenvalue weighted by Crippen LogP contribution is -2.30. The molecular weight excluding hydrogens is 1320 g/mol. The van der Waals surface area contributed by atoms with Gasteiger partial charge in [0.05, 0.1) is 55.0 Å². The number of aromatic nitrogens is 18. The van der Waals surface area contributed by atoms with Crippen molar-refractivity contribution in [3.63, 3.8) is 0 Å². The van der Waals surface area contributed by atoms with Crippen molar-refractivity contribution in [3.05, 3.63) is 241 Å². The summed E-state index contributed by atoms with van der Waals surface area (Å²) in [5.74, 6) is 4.38. The Labute approximate surface area is 587 Å². The van der Waals surface area contributed by atoms with Crippen molar-refractivity contribution in [1.82, 2.24) is 63.5 Å². The van der Waals surface area contributed by atoms with Crippen LogP contribution < -0.4 is 22.8 Å². The van der Waals surface area contributed by atoms with E-state index >= 15 is 0 Å². The number of para-hydroxylation sites is 1. The van der Waals surface area contributed by atoms with E-state index in [0.29, 0.717) is 35.3 Å². The van der Waals surface area contributed by atoms with E-state index in [2.05, 4.69) is 127 Å². The van der Waals surface area contributed by atoms with Gasteiger partial charge < -0.3 is 26.5 Å². The van der Waals surface area contributed by atoms with Gasteiger partial charge in [0.2, 0.25) is 5.71 Å². The second kappa shape index (κ2) is 21.8. The van der Waals surface area contributed by atoms with E-state index < -0.39 is 6.98 Å². The van der Waals surface area contributed by atoms with Crippen LogP contribution in [0.15, 0.2) is 240 Å². The Morgan fingerprint density at radius 1 is 0.340 bits per heavy atom. The first-order valence-electron chi connectivity index (χ1n) is 34.7. The van der Waals surface area contributed by atoms with Crippen molar-refractivity contribution in [1.29, 1.82) is 0 Å². The SMILES string of the molecule is Cn1c2ncccc2c2c1oc1[n+]2Cc2cccnc2-1.[2H]C([2H])([2H])n1c2ncccc2c2c1oc1[n+]2Cc2cccnc2-1.c1ccc(-n2c3ncccc3c3c2oc2[n+]3Cc3cccnc3-2)cc1.c1cnc2c(c1)C[n+]1c-2oc2oc3ncccc3c21.c1cnc2c(c1)C[n+]1c-2oc2sc3ncccc3c21. The molecule has 0 fully saturated rings. The lowest BCUT2D eigenvalue weighted by Gasteiger charge is -2.03. The number of nitrogens with zero attached hydrogens (tertiary/aromatic N) is 18. The average molecular weight is 1370 g/mol. The van der Waals surface area contributed by atoms with E-state index in [1.54, 1.807) is 48.4 Å². The molecule has 0 atom stereocenters. The van der Waals surface area contributed by atoms with Crippen LogP contribution in [0.25, 0.3) is 173 Å². The summed E-state index contributed by atoms with van der Waals surface area (Å²) < 4.78 is 75.2. The number of furan rings is 1. The second-order valence-electron chi connectivity index (χ2n) is 25.4. The number of pyridine rings is 10. The molecule has 0 saturated heterocycles. The molecule has 0 unspecified atom stereocenters. The number of aryl methyl sites for hydroxylation is 2. The Morgan fingerprint density at radius 3 is 1.26 bits per heavy atom. The van der Waals surface area contributed by atoms with Crippen molar-refractivity contribution in [2.45, 2.75) is 32.7 Å². The molecule has 5 aliphatic rings. The maximum atomic E-state index is 7.82. The lowest BCUT2D eigenvalue weighted by molar-refractivity contribution is -0.648. The summed E-state index contributed by atoms with van der Waals surface area (Å²) in [6, 6.07) is 50.0. The highest BCUT2D eigenvalue weighted by molar-refractivity contribution is 7.24. The fourth-order valence-electron chi connectivity index (χ4n) is 15.2. The van der Waals surface area contributed by atoms with E-state index in [4.69, 9.17) is 30.6 Å². The van der Waals surface area contributed by atoms with Gasteiger partial charge in [-0.05, 0) is 133 Å². The van der Waals surface area contributed by atoms with Crippen LogP contribution in [0, 0.1) is 0 Å². The smallest absolute Gasteiger partial charge is 0.401 e. The highest BCUT2D eigenvalue weighted by Gasteiger charge is 2.43. The first kappa shape index (κ1) is 54.1. The predicted octanol–water partition coefficient (Wildman–Crippen LogP) is 12.6. The molecular formula is C78H51N18O6S+5. The number of rotatable bonds is 1. The molecule has 0 saturated carbocycles. The third kappa shape index (κ3) is 8.35. The zero-order chi connectivity index (χ0) is 70.2. The lowest BCUT2D eigenvalue weighted by atomic mass is 10.2. The molecule has 20 aromatic heterocycles. The molecule has 21 aromatic rings. The van der Waals surface area contributed by atoms with E-state index in [-0.39, 0.29) is 0 Å². The standard InChI is InChI=1S/C20H13N4O.2C15H11N4O.C14H8N3O2.C14H8N3OS/c1-2-7-14(8-3-1)24-18-15(9-5-11-22-18)17-20(24)25-19-16-13(12-23(17)19)6-4-10-21-16;2*1-18-13-10(5-3-7-17-13)12-15(18)20-14-11-9(8-19(12)14)4-2-6-16-11;1-3-8-7-17-11-9-4-2-6-16-12(9)18-14(11)19-13(17)10(8)15-5-1;1-3-8-7-17-11-9-4-2-6-16-12(9)19-14(11)18-13(17)10(8)15-5-1/h1-11H,12H2;2*2-7H,8H2,1H3;2*1-6H,7H2/q5*+1/i;1D3;;;. The van der Waals surface area contributed by atoms with E-state index in [1.165, 1.54) is 26.8 Å². The minimum atomic E-state index is -2.37. The van der Waals surface area contributed by atoms with Crippen molar-refractivity contribution in [2.24, 2.45) is 14.0 Å². The fourth-order valence-corrected chi connectivity index (χ4v) is 16.2. The minimum Gasteiger partial charge on any atom is -0.401 e. The molecule has 0 spiro atoms. The zero-order valence-electron chi connectivity index (χ0n) is 57.2. The molecule has 0 radical (unpaired) electrons. The van der Waals surface area contributed by atoms with Crippen molar-refractivity contribution >= 4 is 121 Å². The van der Waals surface area contributed by atoms with Gasteiger partial charge in [-0.1, -0.05) is 29.5 Å². The third-order valence-corrected chi connectivity index (χ3v) is 20.6. The van der Waals surface area contributed by atoms with Crippen LogP contribution in [-0.4, -0.2) is 63.5 Å². The van der Waals surface area contributed by atoms with Gasteiger partial charge in [-0.15, -0.1) is 22.8 Å². The van der Waals surface area contributed by atoms with Crippen molar-refractivity contribution in [2.75, 3.05) is 0 Å². The molecule has 0 N–H and O–H groups in total. The van der Waals surface area contributed by atoms with Crippen LogP contribution in [-0.2, 0) is 46.7 Å². The van der Waals surface area contributed by atoms with Crippen molar-refractivity contribution < 1.29 is 53.5 Å². The molecule has 25 heterocycles. The molecule has 103 heavy (non-hydrogen) atoms. The fraction of sp³-hybridized carbons (Fsp3) is 0.0897. The predicted molar refractivity (Wildman–Crippen MR) is 378 cm³/mol. The minimum absolute atomic E-state index is 0.310. The number of benzene rings is 1. The van der Waals surface area contributed by atoms with E-state index in [1.807, 2.05) is 138 Å². The van der Waals surface area contributed by atoms with Gasteiger partial charge in [0.1, 0.15) is 21.5 Å². The van der Waals surface area contributed by atoms with Crippen LogP contribution in [0.5, 0.6) is 0 Å². The second-order valence-corrected chi connectivity index (χ2v) is 26.3. The molecule has 26 rings (SSSR count). The maximum absolute atomic E-state index is 7.82. The topological polar surface area (TPSA) is 242 Å². The number of hydrogen-bond acceptors (Lipinski definition) is 17.